The predicted molar refractivity (Wildman–Crippen MR) is 81.2 cm³/mol. The minimum absolute atomic E-state index is 0.0531. The summed E-state index contributed by atoms with van der Waals surface area (Å²) >= 11 is 0. The van der Waals surface area contributed by atoms with E-state index >= 15 is 0 Å². The number of carbonyl (C=O) groups excluding carboxylic acids is 1. The van der Waals surface area contributed by atoms with E-state index in [4.69, 9.17) is 4.74 Å². The zero-order valence-corrected chi connectivity index (χ0v) is 12.5. The van der Waals surface area contributed by atoms with Crippen LogP contribution in [0, 0.1) is 0 Å². The summed E-state index contributed by atoms with van der Waals surface area (Å²) in [6.45, 7) is 0. The maximum atomic E-state index is 12.6. The Morgan fingerprint density at radius 2 is 2.00 bits per heavy atom. The van der Waals surface area contributed by atoms with Crippen LogP contribution in [0.5, 0.6) is 11.5 Å². The Morgan fingerprint density at radius 1 is 1.25 bits per heavy atom. The van der Waals surface area contributed by atoms with E-state index in [1.165, 1.54) is 37.6 Å². The smallest absolute Gasteiger partial charge is 0.416 e. The minimum atomic E-state index is -4.53. The van der Waals surface area contributed by atoms with Gasteiger partial charge >= 0.3 is 6.18 Å². The van der Waals surface area contributed by atoms with Crippen LogP contribution in [0.25, 0.3) is 0 Å². The van der Waals surface area contributed by atoms with E-state index < -0.39 is 17.6 Å². The molecule has 0 radical (unpaired) electrons. The number of phenolic OH excluding ortho intramolecular Hbond substituents is 1. The number of aromatic hydroxyl groups is 1. The summed E-state index contributed by atoms with van der Waals surface area (Å²) in [7, 11) is 1.38. The van der Waals surface area contributed by atoms with Gasteiger partial charge in [-0.3, -0.25) is 4.79 Å². The molecule has 2 N–H and O–H groups in total. The lowest BCUT2D eigenvalue weighted by molar-refractivity contribution is -0.137. The average molecular weight is 338 g/mol. The summed E-state index contributed by atoms with van der Waals surface area (Å²) in [5.41, 5.74) is 1.58. The molecule has 0 heterocycles. The fourth-order valence-corrected chi connectivity index (χ4v) is 1.84. The zero-order chi connectivity index (χ0) is 17.7. The van der Waals surface area contributed by atoms with Gasteiger partial charge in [0, 0.05) is 5.56 Å². The number of hydrogen-bond donors (Lipinski definition) is 2. The molecule has 0 atom stereocenters. The molecule has 8 heteroatoms. The van der Waals surface area contributed by atoms with Gasteiger partial charge in [-0.15, -0.1) is 0 Å². The van der Waals surface area contributed by atoms with Gasteiger partial charge < -0.3 is 9.84 Å². The molecule has 0 aliphatic heterocycles. The first-order valence-corrected chi connectivity index (χ1v) is 6.69. The Labute approximate surface area is 135 Å². The molecule has 0 saturated heterocycles. The molecule has 0 unspecified atom stereocenters. The molecule has 2 rings (SSSR count). The third-order valence-corrected chi connectivity index (χ3v) is 3.04. The van der Waals surface area contributed by atoms with E-state index in [0.29, 0.717) is 5.56 Å². The van der Waals surface area contributed by atoms with Crippen molar-refractivity contribution in [1.29, 1.82) is 0 Å². The van der Waals surface area contributed by atoms with Gasteiger partial charge in [-0.2, -0.15) is 18.3 Å². The van der Waals surface area contributed by atoms with Crippen molar-refractivity contribution in [2.75, 3.05) is 7.11 Å². The largest absolute Gasteiger partial charge is 0.504 e. The Balaban J connectivity index is 2.08. The van der Waals surface area contributed by atoms with Crippen LogP contribution in [-0.4, -0.2) is 24.3 Å². The number of rotatable bonds is 4. The van der Waals surface area contributed by atoms with Crippen LogP contribution in [-0.2, 0) is 6.18 Å². The van der Waals surface area contributed by atoms with Crippen molar-refractivity contribution in [2.24, 2.45) is 5.10 Å². The summed E-state index contributed by atoms with van der Waals surface area (Å²) in [6, 6.07) is 8.41. The second kappa shape index (κ2) is 7.03. The number of hydrazone groups is 1. The Hall–Kier alpha value is -3.03. The molecular weight excluding hydrogens is 325 g/mol. The SMILES string of the molecule is COc1cc(/C=N/NC(=O)c2cccc(C(F)(F)F)c2)ccc1O. The molecule has 0 fully saturated rings. The summed E-state index contributed by atoms with van der Waals surface area (Å²) in [6.07, 6.45) is -3.25. The fraction of sp³-hybridized carbons (Fsp3) is 0.125. The monoisotopic (exact) mass is 338 g/mol. The number of alkyl halides is 3. The first kappa shape index (κ1) is 17.3. The number of methoxy groups -OCH3 is 1. The second-order valence-corrected chi connectivity index (χ2v) is 4.71. The lowest BCUT2D eigenvalue weighted by Gasteiger charge is -2.07. The number of benzene rings is 2. The van der Waals surface area contributed by atoms with Crippen molar-refractivity contribution in [1.82, 2.24) is 5.43 Å². The predicted octanol–water partition coefficient (Wildman–Crippen LogP) is 3.18. The minimum Gasteiger partial charge on any atom is -0.504 e. The van der Waals surface area contributed by atoms with Crippen molar-refractivity contribution < 1.29 is 27.8 Å². The molecule has 5 nitrogen and oxygen atoms in total. The number of ether oxygens (including phenoxy) is 1. The van der Waals surface area contributed by atoms with E-state index in [9.17, 15) is 23.1 Å². The molecule has 126 valence electrons. The molecule has 0 aliphatic carbocycles. The zero-order valence-electron chi connectivity index (χ0n) is 12.5. The van der Waals surface area contributed by atoms with Crippen molar-refractivity contribution in [2.45, 2.75) is 6.18 Å². The van der Waals surface area contributed by atoms with E-state index in [1.54, 1.807) is 0 Å². The highest BCUT2D eigenvalue weighted by Gasteiger charge is 2.30. The van der Waals surface area contributed by atoms with Crippen LogP contribution >= 0.6 is 0 Å². The molecule has 1 amide bonds. The molecule has 2 aromatic carbocycles. The van der Waals surface area contributed by atoms with Gasteiger partial charge in [0.1, 0.15) is 0 Å². The number of phenols is 1. The topological polar surface area (TPSA) is 70.9 Å². The van der Waals surface area contributed by atoms with Crippen LogP contribution in [0.3, 0.4) is 0 Å². The molecule has 0 aliphatic rings. The van der Waals surface area contributed by atoms with E-state index in [0.717, 1.165) is 18.2 Å². The van der Waals surface area contributed by atoms with Crippen molar-refractivity contribution >= 4 is 12.1 Å². The van der Waals surface area contributed by atoms with Crippen molar-refractivity contribution in [3.05, 3.63) is 59.2 Å². The molecule has 0 spiro atoms. The molecule has 24 heavy (non-hydrogen) atoms. The number of carbonyl (C=O) groups is 1. The second-order valence-electron chi connectivity index (χ2n) is 4.71. The number of halogens is 3. The normalized spacial score (nSPS) is 11.5. The number of amides is 1. The summed E-state index contributed by atoms with van der Waals surface area (Å²) in [5, 5.41) is 13.1. The standard InChI is InChI=1S/C16H13F3N2O3/c1-24-14-7-10(5-6-13(14)22)9-20-21-15(23)11-3-2-4-12(8-11)16(17,18)19/h2-9,22H,1H3,(H,21,23)/b20-9+. The van der Waals surface area contributed by atoms with Gasteiger partial charge in [0.25, 0.3) is 5.91 Å². The molecule has 0 aromatic heterocycles. The number of nitrogens with zero attached hydrogens (tertiary/aromatic N) is 1. The summed E-state index contributed by atoms with van der Waals surface area (Å²) < 4.78 is 42.8. The van der Waals surface area contributed by atoms with E-state index in [1.807, 2.05) is 0 Å². The third kappa shape index (κ3) is 4.25. The average Bonchev–Trinajstić information content (AvgIpc) is 2.55. The van der Waals surface area contributed by atoms with Crippen molar-refractivity contribution in [3.63, 3.8) is 0 Å². The van der Waals surface area contributed by atoms with Gasteiger partial charge in [0.05, 0.1) is 18.9 Å². The van der Waals surface area contributed by atoms with Crippen LogP contribution in [0.15, 0.2) is 47.6 Å². The lowest BCUT2D eigenvalue weighted by atomic mass is 10.1. The first-order chi connectivity index (χ1) is 11.3. The third-order valence-electron chi connectivity index (χ3n) is 3.04. The Bertz CT molecular complexity index is 773. The van der Waals surface area contributed by atoms with Gasteiger partial charge in [-0.05, 0) is 42.0 Å². The first-order valence-electron chi connectivity index (χ1n) is 6.69. The molecule has 0 bridgehead atoms. The van der Waals surface area contributed by atoms with Gasteiger partial charge in [-0.25, -0.2) is 5.43 Å². The Morgan fingerprint density at radius 3 is 2.67 bits per heavy atom. The van der Waals surface area contributed by atoms with Crippen LogP contribution in [0.1, 0.15) is 21.5 Å². The summed E-state index contributed by atoms with van der Waals surface area (Å²) in [4.78, 5) is 11.8. The number of nitrogens with one attached hydrogen (secondary N) is 1. The molecular formula is C16H13F3N2O3. The highest BCUT2D eigenvalue weighted by molar-refractivity contribution is 5.95. The molecule has 2 aromatic rings. The van der Waals surface area contributed by atoms with Crippen LogP contribution in [0.4, 0.5) is 13.2 Å². The molecule has 0 saturated carbocycles. The van der Waals surface area contributed by atoms with Crippen LogP contribution in [0.2, 0.25) is 0 Å². The van der Waals surface area contributed by atoms with E-state index in [2.05, 4.69) is 10.5 Å². The maximum Gasteiger partial charge on any atom is 0.416 e. The fourth-order valence-electron chi connectivity index (χ4n) is 1.84. The van der Waals surface area contributed by atoms with E-state index in [-0.39, 0.29) is 17.1 Å². The number of hydrogen-bond acceptors (Lipinski definition) is 4. The van der Waals surface area contributed by atoms with Gasteiger partial charge in [0.15, 0.2) is 11.5 Å². The lowest BCUT2D eigenvalue weighted by Crippen LogP contribution is -2.18. The quantitative estimate of drug-likeness (QED) is 0.664. The maximum absolute atomic E-state index is 12.6. The van der Waals surface area contributed by atoms with Gasteiger partial charge in [0.2, 0.25) is 0 Å². The van der Waals surface area contributed by atoms with Crippen LogP contribution < -0.4 is 10.2 Å². The van der Waals surface area contributed by atoms with Crippen molar-refractivity contribution in [3.8, 4) is 11.5 Å². The summed E-state index contributed by atoms with van der Waals surface area (Å²) in [5.74, 6) is -0.603. The highest BCUT2D eigenvalue weighted by atomic mass is 19.4. The highest BCUT2D eigenvalue weighted by Crippen LogP contribution is 2.29. The Kier molecular flexibility index (Phi) is 5.08. The van der Waals surface area contributed by atoms with Gasteiger partial charge in [-0.1, -0.05) is 6.07 Å².